The van der Waals surface area contributed by atoms with Crippen LogP contribution in [0.25, 0.3) is 0 Å². The lowest BCUT2D eigenvalue weighted by Gasteiger charge is -2.15. The molecule has 1 N–H and O–H groups in total. The summed E-state index contributed by atoms with van der Waals surface area (Å²) in [5.41, 5.74) is 0.913. The average Bonchev–Trinajstić information content (AvgIpc) is 2.61. The molecule has 0 bridgehead atoms. The molecule has 5 nitrogen and oxygen atoms in total. The van der Waals surface area contributed by atoms with Crippen molar-refractivity contribution >= 4 is 11.8 Å². The summed E-state index contributed by atoms with van der Waals surface area (Å²) < 4.78 is 0. The van der Waals surface area contributed by atoms with Crippen LogP contribution in [0.5, 0.6) is 0 Å². The van der Waals surface area contributed by atoms with Gasteiger partial charge in [-0.2, -0.15) is 0 Å². The van der Waals surface area contributed by atoms with E-state index in [1.165, 1.54) is 0 Å². The number of hydrogen-bond acceptors (Lipinski definition) is 3. The van der Waals surface area contributed by atoms with E-state index in [2.05, 4.69) is 10.3 Å². The maximum Gasteiger partial charge on any atom is 0.320 e. The molecule has 0 aliphatic carbocycles. The van der Waals surface area contributed by atoms with Crippen molar-refractivity contribution in [3.63, 3.8) is 0 Å². The Morgan fingerprint density at radius 1 is 1.44 bits per heavy atom. The van der Waals surface area contributed by atoms with Gasteiger partial charge in [-0.1, -0.05) is 6.07 Å². The zero-order chi connectivity index (χ0) is 11.5. The van der Waals surface area contributed by atoms with Crippen LogP contribution in [0.2, 0.25) is 0 Å². The summed E-state index contributed by atoms with van der Waals surface area (Å²) in [6.07, 6.45) is 0. The third kappa shape index (κ3) is 2.08. The zero-order valence-electron chi connectivity index (χ0n) is 9.60. The molecule has 2 amide bonds. The molecule has 0 unspecified atom stereocenters. The Labute approximate surface area is 95.1 Å². The quantitative estimate of drug-likeness (QED) is 0.826. The largest absolute Gasteiger partial charge is 0.373 e. The van der Waals surface area contributed by atoms with E-state index >= 15 is 0 Å². The Balaban J connectivity index is 2.06. The third-order valence-corrected chi connectivity index (χ3v) is 2.72. The van der Waals surface area contributed by atoms with E-state index in [0.29, 0.717) is 6.54 Å². The van der Waals surface area contributed by atoms with Gasteiger partial charge < -0.3 is 15.1 Å². The first-order valence-corrected chi connectivity index (χ1v) is 5.34. The van der Waals surface area contributed by atoms with Gasteiger partial charge in [0.15, 0.2) is 0 Å². The highest BCUT2D eigenvalue weighted by molar-refractivity contribution is 5.76. The fourth-order valence-corrected chi connectivity index (χ4v) is 1.75. The van der Waals surface area contributed by atoms with E-state index in [1.807, 2.05) is 37.2 Å². The standard InChI is InChI=1S/C11H16N4O/c1-12-10-5-3-4-9(13-10)8-15-7-6-14(2)11(15)16/h3-5H,6-8H2,1-2H3,(H,12,13). The van der Waals surface area contributed by atoms with Crippen LogP contribution in [0, 0.1) is 0 Å². The zero-order valence-corrected chi connectivity index (χ0v) is 9.60. The number of amides is 2. The van der Waals surface area contributed by atoms with E-state index in [1.54, 1.807) is 4.90 Å². The van der Waals surface area contributed by atoms with Crippen LogP contribution < -0.4 is 5.32 Å². The Hall–Kier alpha value is -1.78. The molecule has 5 heteroatoms. The van der Waals surface area contributed by atoms with Crippen LogP contribution in [0.3, 0.4) is 0 Å². The maximum absolute atomic E-state index is 11.7. The summed E-state index contributed by atoms with van der Waals surface area (Å²) in [4.78, 5) is 19.6. The van der Waals surface area contributed by atoms with Gasteiger partial charge in [-0.25, -0.2) is 9.78 Å². The van der Waals surface area contributed by atoms with Gasteiger partial charge in [-0.3, -0.25) is 0 Å². The molecular weight excluding hydrogens is 204 g/mol. The van der Waals surface area contributed by atoms with Gasteiger partial charge in [0.25, 0.3) is 0 Å². The monoisotopic (exact) mass is 220 g/mol. The van der Waals surface area contributed by atoms with Gasteiger partial charge >= 0.3 is 6.03 Å². The number of aromatic nitrogens is 1. The van der Waals surface area contributed by atoms with Crippen LogP contribution in [-0.2, 0) is 6.54 Å². The van der Waals surface area contributed by atoms with Gasteiger partial charge in [0.2, 0.25) is 0 Å². The molecule has 0 atom stereocenters. The van der Waals surface area contributed by atoms with E-state index in [9.17, 15) is 4.79 Å². The maximum atomic E-state index is 11.7. The first-order chi connectivity index (χ1) is 7.70. The second kappa shape index (κ2) is 4.38. The van der Waals surface area contributed by atoms with E-state index < -0.39 is 0 Å². The van der Waals surface area contributed by atoms with Crippen molar-refractivity contribution in [2.45, 2.75) is 6.54 Å². The van der Waals surface area contributed by atoms with Gasteiger partial charge in [-0.15, -0.1) is 0 Å². The van der Waals surface area contributed by atoms with Gasteiger partial charge in [0.1, 0.15) is 5.82 Å². The second-order valence-corrected chi connectivity index (χ2v) is 3.89. The van der Waals surface area contributed by atoms with Crippen molar-refractivity contribution in [3.05, 3.63) is 23.9 Å². The summed E-state index contributed by atoms with van der Waals surface area (Å²) in [5, 5.41) is 2.99. The summed E-state index contributed by atoms with van der Waals surface area (Å²) >= 11 is 0. The van der Waals surface area contributed by atoms with E-state index in [0.717, 1.165) is 24.6 Å². The minimum absolute atomic E-state index is 0.0802. The first kappa shape index (κ1) is 10.7. The molecule has 86 valence electrons. The molecule has 0 aromatic carbocycles. The Morgan fingerprint density at radius 2 is 2.25 bits per heavy atom. The number of pyridine rings is 1. The molecule has 1 aliphatic rings. The highest BCUT2D eigenvalue weighted by atomic mass is 16.2. The van der Waals surface area contributed by atoms with Crippen LogP contribution in [0.1, 0.15) is 5.69 Å². The molecule has 16 heavy (non-hydrogen) atoms. The number of hydrogen-bond donors (Lipinski definition) is 1. The number of carbonyl (C=O) groups excluding carboxylic acids is 1. The number of rotatable bonds is 3. The molecule has 0 spiro atoms. The van der Waals surface area contributed by atoms with Crippen LogP contribution >= 0.6 is 0 Å². The fourth-order valence-electron chi connectivity index (χ4n) is 1.75. The predicted octanol–water partition coefficient (Wildman–Crippen LogP) is 0.991. The number of nitrogens with one attached hydrogen (secondary N) is 1. The number of carbonyl (C=O) groups is 1. The summed E-state index contributed by atoms with van der Waals surface area (Å²) in [6, 6.07) is 5.86. The van der Waals surface area contributed by atoms with Crippen molar-refractivity contribution in [2.75, 3.05) is 32.5 Å². The molecule has 1 fully saturated rings. The van der Waals surface area contributed by atoms with E-state index in [4.69, 9.17) is 0 Å². The molecule has 1 aromatic heterocycles. The second-order valence-electron chi connectivity index (χ2n) is 3.89. The molecule has 1 saturated heterocycles. The molecule has 1 aliphatic heterocycles. The minimum atomic E-state index is 0.0802. The number of nitrogens with zero attached hydrogens (tertiary/aromatic N) is 3. The summed E-state index contributed by atoms with van der Waals surface area (Å²) in [7, 11) is 3.65. The predicted molar refractivity (Wildman–Crippen MR) is 62.2 cm³/mol. The van der Waals surface area contributed by atoms with Crippen molar-refractivity contribution in [1.82, 2.24) is 14.8 Å². The summed E-state index contributed by atoms with van der Waals surface area (Å²) in [6.45, 7) is 2.16. The van der Waals surface area contributed by atoms with Crippen molar-refractivity contribution in [3.8, 4) is 0 Å². The molecule has 2 heterocycles. The van der Waals surface area contributed by atoms with Gasteiger partial charge in [0.05, 0.1) is 12.2 Å². The molecule has 0 radical (unpaired) electrons. The highest BCUT2D eigenvalue weighted by Crippen LogP contribution is 2.11. The van der Waals surface area contributed by atoms with Crippen molar-refractivity contribution < 1.29 is 4.79 Å². The van der Waals surface area contributed by atoms with Gasteiger partial charge in [0, 0.05) is 27.2 Å². The Kier molecular flexibility index (Phi) is 2.94. The van der Waals surface area contributed by atoms with Crippen LogP contribution in [0.15, 0.2) is 18.2 Å². The summed E-state index contributed by atoms with van der Waals surface area (Å²) in [5.74, 6) is 0.831. The molecular formula is C11H16N4O. The van der Waals surface area contributed by atoms with Crippen molar-refractivity contribution in [1.29, 1.82) is 0 Å². The molecule has 2 rings (SSSR count). The lowest BCUT2D eigenvalue weighted by molar-refractivity contribution is 0.196. The van der Waals surface area contributed by atoms with Crippen LogP contribution in [-0.4, -0.2) is 48.0 Å². The number of likely N-dealkylation sites (N-methyl/N-ethyl adjacent to an activating group) is 1. The molecule has 1 aromatic rings. The van der Waals surface area contributed by atoms with Crippen LogP contribution in [0.4, 0.5) is 10.6 Å². The topological polar surface area (TPSA) is 48.5 Å². The lowest BCUT2D eigenvalue weighted by Crippen LogP contribution is -2.29. The third-order valence-electron chi connectivity index (χ3n) is 2.72. The Morgan fingerprint density at radius 3 is 2.88 bits per heavy atom. The molecule has 0 saturated carbocycles. The van der Waals surface area contributed by atoms with Crippen molar-refractivity contribution in [2.24, 2.45) is 0 Å². The lowest BCUT2D eigenvalue weighted by atomic mass is 10.3. The fraction of sp³-hybridized carbons (Fsp3) is 0.455. The highest BCUT2D eigenvalue weighted by Gasteiger charge is 2.25. The number of anilines is 1. The van der Waals surface area contributed by atoms with Gasteiger partial charge in [-0.05, 0) is 12.1 Å². The average molecular weight is 220 g/mol. The minimum Gasteiger partial charge on any atom is -0.373 e. The first-order valence-electron chi connectivity index (χ1n) is 5.34. The SMILES string of the molecule is CNc1cccc(CN2CCN(C)C2=O)n1. The van der Waals surface area contributed by atoms with E-state index in [-0.39, 0.29) is 6.03 Å². The smallest absolute Gasteiger partial charge is 0.320 e. The Bertz CT molecular complexity index is 393. The normalized spacial score (nSPS) is 15.8. The number of urea groups is 1.